The Morgan fingerprint density at radius 1 is 0.500 bits per heavy atom. The molecule has 0 fully saturated rings. The Morgan fingerprint density at radius 3 is 1.13 bits per heavy atom. The highest BCUT2D eigenvalue weighted by molar-refractivity contribution is 5.65. The largest absolute Gasteiger partial charge is 0.377 e. The molecule has 0 atom stereocenters. The number of nitro benzene ring substituents is 2. The fraction of sp³-hybridized carbons (Fsp3) is 0.786. The van der Waals surface area contributed by atoms with Crippen molar-refractivity contribution in [1.82, 2.24) is 0 Å². The third-order valence-electron chi connectivity index (χ3n) is 5.52. The van der Waals surface area contributed by atoms with Crippen LogP contribution in [0.25, 0.3) is 0 Å². The average Bonchev–Trinajstić information content (AvgIpc) is 3.05. The van der Waals surface area contributed by atoms with Crippen LogP contribution in [-0.4, -0.2) is 155 Å². The monoisotopic (exact) mass is 669 g/mol. The van der Waals surface area contributed by atoms with E-state index in [1.54, 1.807) is 0 Å². The second-order valence-electron chi connectivity index (χ2n) is 8.96. The number of nitrogens with zero attached hydrogens (tertiary/aromatic N) is 2. The zero-order valence-corrected chi connectivity index (χ0v) is 26.3. The van der Waals surface area contributed by atoms with E-state index in [4.69, 9.17) is 47.4 Å². The molecule has 0 heterocycles. The number of halogens is 1. The van der Waals surface area contributed by atoms with E-state index in [-0.39, 0.29) is 36.8 Å². The second kappa shape index (κ2) is 31.0. The van der Waals surface area contributed by atoms with Gasteiger partial charge in [-0.3, -0.25) is 20.2 Å². The molecule has 1 rings (SSSR count). The fourth-order valence-electron chi connectivity index (χ4n) is 3.33. The number of ether oxygens (including phenoxy) is 10. The van der Waals surface area contributed by atoms with Crippen LogP contribution in [0.1, 0.15) is 0 Å². The Morgan fingerprint density at radius 2 is 0.826 bits per heavy atom. The molecule has 1 aromatic rings. The van der Waals surface area contributed by atoms with Crippen molar-refractivity contribution >= 4 is 17.1 Å². The summed E-state index contributed by atoms with van der Waals surface area (Å²) in [6.45, 7) is 7.95. The Labute approximate surface area is 268 Å². The molecule has 46 heavy (non-hydrogen) atoms. The fourth-order valence-corrected chi connectivity index (χ4v) is 3.33. The van der Waals surface area contributed by atoms with Gasteiger partial charge in [0, 0.05) is 12.6 Å². The van der Waals surface area contributed by atoms with E-state index in [9.17, 15) is 24.6 Å². The van der Waals surface area contributed by atoms with E-state index in [0.29, 0.717) is 119 Å². The van der Waals surface area contributed by atoms with Crippen LogP contribution in [0.15, 0.2) is 18.2 Å². The van der Waals surface area contributed by atoms with Crippen molar-refractivity contribution in [2.75, 3.05) is 151 Å². The van der Waals surface area contributed by atoms with E-state index >= 15 is 0 Å². The Bertz CT molecular complexity index is 890. The van der Waals surface area contributed by atoms with Crippen molar-refractivity contribution in [3.8, 4) is 0 Å². The number of benzene rings is 1. The minimum absolute atomic E-state index is 0.0992. The summed E-state index contributed by atoms with van der Waals surface area (Å²) in [5.41, 5.74) is -0.535. The molecule has 0 aromatic heterocycles. The van der Waals surface area contributed by atoms with Crippen LogP contribution in [0.3, 0.4) is 0 Å². The van der Waals surface area contributed by atoms with Crippen molar-refractivity contribution in [2.24, 2.45) is 0 Å². The molecule has 0 bridgehead atoms. The Hall–Kier alpha value is -2.65. The Balaban J connectivity index is 1.74. The first-order chi connectivity index (χ1) is 22.6. The molecule has 0 radical (unpaired) electrons. The lowest BCUT2D eigenvalue weighted by Gasteiger charge is -2.09. The first kappa shape index (κ1) is 41.4. The van der Waals surface area contributed by atoms with Crippen LogP contribution in [0.4, 0.5) is 21.5 Å². The van der Waals surface area contributed by atoms with Gasteiger partial charge < -0.3 is 52.7 Å². The van der Waals surface area contributed by atoms with Crippen molar-refractivity contribution in [3.63, 3.8) is 0 Å². The molecule has 18 heteroatoms. The molecule has 0 aliphatic rings. The topological polar surface area (TPSA) is 191 Å². The van der Waals surface area contributed by atoms with Crippen LogP contribution < -0.4 is 5.32 Å². The number of alkyl halides is 1. The summed E-state index contributed by atoms with van der Waals surface area (Å²) in [6.07, 6.45) is 0. The maximum Gasteiger partial charge on any atom is 0.299 e. The molecule has 0 amide bonds. The van der Waals surface area contributed by atoms with Crippen LogP contribution >= 0.6 is 0 Å². The molecule has 0 aliphatic carbocycles. The molecular formula is C28H48FN3O14. The maximum atomic E-state index is 11.8. The molecule has 1 aromatic carbocycles. The molecule has 1 N–H and O–H groups in total. The second-order valence-corrected chi connectivity index (χ2v) is 8.96. The molecule has 0 unspecified atom stereocenters. The van der Waals surface area contributed by atoms with E-state index in [1.807, 2.05) is 0 Å². The number of rotatable bonds is 35. The van der Waals surface area contributed by atoms with Crippen LogP contribution in [-0.2, 0) is 47.4 Å². The van der Waals surface area contributed by atoms with Gasteiger partial charge in [-0.15, -0.1) is 0 Å². The van der Waals surface area contributed by atoms with Gasteiger partial charge in [-0.1, -0.05) is 0 Å². The highest BCUT2D eigenvalue weighted by atomic mass is 19.1. The van der Waals surface area contributed by atoms with E-state index in [2.05, 4.69) is 5.32 Å². The van der Waals surface area contributed by atoms with Crippen molar-refractivity contribution in [3.05, 3.63) is 38.4 Å². The number of hydrogen-bond acceptors (Lipinski definition) is 15. The molecule has 17 nitrogen and oxygen atoms in total. The summed E-state index contributed by atoms with van der Waals surface area (Å²) in [7, 11) is 0. The smallest absolute Gasteiger partial charge is 0.299 e. The third-order valence-corrected chi connectivity index (χ3v) is 5.52. The van der Waals surface area contributed by atoms with Gasteiger partial charge in [-0.05, 0) is 6.07 Å². The molecule has 0 saturated heterocycles. The Kier molecular flexibility index (Phi) is 27.9. The molecule has 0 aliphatic heterocycles. The first-order valence-electron chi connectivity index (χ1n) is 15.1. The quantitative estimate of drug-likeness (QED) is 0.0627. The summed E-state index contributed by atoms with van der Waals surface area (Å²) in [4.78, 5) is 20.6. The minimum Gasteiger partial charge on any atom is -0.377 e. The van der Waals surface area contributed by atoms with Gasteiger partial charge in [0.05, 0.1) is 148 Å². The van der Waals surface area contributed by atoms with E-state index in [1.165, 1.54) is 12.1 Å². The van der Waals surface area contributed by atoms with Crippen LogP contribution in [0, 0.1) is 20.2 Å². The van der Waals surface area contributed by atoms with Crippen LogP contribution in [0.2, 0.25) is 0 Å². The number of hydrogen-bond donors (Lipinski definition) is 1. The zero-order valence-electron chi connectivity index (χ0n) is 26.3. The predicted octanol–water partition coefficient (Wildman–Crippen LogP) is 2.05. The molecular weight excluding hydrogens is 621 g/mol. The number of nitro groups is 2. The lowest BCUT2D eigenvalue weighted by Crippen LogP contribution is -2.16. The highest BCUT2D eigenvalue weighted by Crippen LogP contribution is 2.28. The van der Waals surface area contributed by atoms with Gasteiger partial charge in [-0.2, -0.15) is 0 Å². The standard InChI is InChI=1S/C28H48FN3O14/c29-3-5-37-7-9-39-11-13-41-15-17-43-19-21-45-23-24-46-22-20-44-18-16-42-14-12-40-10-8-38-6-4-30-27-2-1-26(31(33)34)25-28(27)32(35)36/h1-2,25,30H,3-24H2. The number of non-ortho nitro benzene ring substituents is 1. The van der Waals surface area contributed by atoms with Crippen molar-refractivity contribution < 1.29 is 61.6 Å². The lowest BCUT2D eigenvalue weighted by atomic mass is 10.2. The van der Waals surface area contributed by atoms with Gasteiger partial charge in [0.2, 0.25) is 0 Å². The summed E-state index contributed by atoms with van der Waals surface area (Å²) >= 11 is 0. The predicted molar refractivity (Wildman–Crippen MR) is 162 cm³/mol. The molecule has 266 valence electrons. The lowest BCUT2D eigenvalue weighted by molar-refractivity contribution is -0.393. The summed E-state index contributed by atoms with van der Waals surface area (Å²) < 4.78 is 65.4. The SMILES string of the molecule is O=[N+]([O-])c1ccc(NCCOCCOCCOCCOCCOCCOCCOCCOCCOCCOCCF)c([N+](=O)[O-])c1. The zero-order chi connectivity index (χ0) is 33.3. The van der Waals surface area contributed by atoms with Crippen molar-refractivity contribution in [2.45, 2.75) is 0 Å². The normalized spacial score (nSPS) is 11.2. The van der Waals surface area contributed by atoms with Crippen LogP contribution in [0.5, 0.6) is 0 Å². The molecule has 0 spiro atoms. The molecule has 0 saturated carbocycles. The van der Waals surface area contributed by atoms with Crippen molar-refractivity contribution in [1.29, 1.82) is 0 Å². The summed E-state index contributed by atoms with van der Waals surface area (Å²) in [5, 5.41) is 24.8. The highest BCUT2D eigenvalue weighted by Gasteiger charge is 2.19. The third kappa shape index (κ3) is 24.6. The average molecular weight is 670 g/mol. The van der Waals surface area contributed by atoms with Gasteiger partial charge in [0.1, 0.15) is 12.4 Å². The summed E-state index contributed by atoms with van der Waals surface area (Å²) in [5.74, 6) is 0. The first-order valence-corrected chi connectivity index (χ1v) is 15.1. The maximum absolute atomic E-state index is 11.8. The van der Waals surface area contributed by atoms with Gasteiger partial charge in [0.25, 0.3) is 11.4 Å². The minimum atomic E-state index is -0.684. The van der Waals surface area contributed by atoms with E-state index < -0.39 is 16.5 Å². The number of anilines is 1. The van der Waals surface area contributed by atoms with E-state index in [0.717, 1.165) is 6.07 Å². The van der Waals surface area contributed by atoms with Gasteiger partial charge in [0.15, 0.2) is 0 Å². The number of nitrogens with one attached hydrogen (secondary N) is 1. The van der Waals surface area contributed by atoms with Gasteiger partial charge in [-0.25, -0.2) is 4.39 Å². The summed E-state index contributed by atoms with van der Waals surface area (Å²) in [6, 6.07) is 3.42. The van der Waals surface area contributed by atoms with Gasteiger partial charge >= 0.3 is 0 Å².